The van der Waals surface area contributed by atoms with Gasteiger partial charge in [0.1, 0.15) is 5.75 Å². The number of aliphatic hydroxyl groups is 1. The van der Waals surface area contributed by atoms with Gasteiger partial charge >= 0.3 is 0 Å². The number of nitrogens with zero attached hydrogens (tertiary/aromatic N) is 1. The Hall–Kier alpha value is -0.770. The topological polar surface area (TPSA) is 32.7 Å². The van der Waals surface area contributed by atoms with Crippen LogP contribution in [-0.4, -0.2) is 36.8 Å². The molecule has 3 aliphatic rings. The van der Waals surface area contributed by atoms with Crippen molar-refractivity contribution in [3.05, 3.63) is 29.3 Å². The lowest BCUT2D eigenvalue weighted by Gasteiger charge is -2.59. The number of ether oxygens (including phenoxy) is 1. The molecule has 0 aromatic heterocycles. The molecule has 4 atom stereocenters. The highest BCUT2D eigenvalue weighted by Crippen LogP contribution is 2.58. The van der Waals surface area contributed by atoms with Gasteiger partial charge in [-0.2, -0.15) is 0 Å². The van der Waals surface area contributed by atoms with Gasteiger partial charge in [-0.3, -0.25) is 0 Å². The van der Waals surface area contributed by atoms with Crippen LogP contribution in [0.25, 0.3) is 0 Å². The number of hydrogen-bond donors (Lipinski definition) is 1. The van der Waals surface area contributed by atoms with Crippen molar-refractivity contribution >= 4 is 12.4 Å². The maximum absolute atomic E-state index is 11.0. The van der Waals surface area contributed by atoms with Gasteiger partial charge in [-0.15, -0.1) is 12.4 Å². The monoisotopic (exact) mass is 323 g/mol. The fourth-order valence-corrected chi connectivity index (χ4v) is 5.37. The molecule has 4 heteroatoms. The van der Waals surface area contributed by atoms with Gasteiger partial charge in [-0.25, -0.2) is 0 Å². The van der Waals surface area contributed by atoms with Crippen molar-refractivity contribution in [1.29, 1.82) is 0 Å². The number of methoxy groups -OCH3 is 1. The second kappa shape index (κ2) is 5.70. The lowest BCUT2D eigenvalue weighted by Crippen LogP contribution is -2.61. The van der Waals surface area contributed by atoms with E-state index in [1.807, 2.05) is 6.07 Å². The molecule has 2 bridgehead atoms. The van der Waals surface area contributed by atoms with Crippen LogP contribution in [0.5, 0.6) is 5.75 Å². The molecule has 4 rings (SSSR count). The molecule has 1 saturated heterocycles. The SMILES string of the molecule is COc1ccc2c(c1)[C@@]13CCCC[C@H]1[C@H](C2O)N(C)CC3.Cl. The zero-order valence-corrected chi connectivity index (χ0v) is 14.2. The minimum Gasteiger partial charge on any atom is -0.497 e. The molecule has 0 spiro atoms. The molecule has 1 saturated carbocycles. The lowest BCUT2D eigenvalue weighted by molar-refractivity contribution is -0.0680. The van der Waals surface area contributed by atoms with E-state index in [9.17, 15) is 5.11 Å². The molecule has 122 valence electrons. The van der Waals surface area contributed by atoms with E-state index in [0.717, 1.165) is 17.9 Å². The Labute approximate surface area is 139 Å². The molecule has 1 aliphatic heterocycles. The standard InChI is InChI=1S/C18H25NO2.ClH/c1-19-10-9-18-8-4-3-5-14(18)16(19)17(20)13-7-6-12(21-2)11-15(13)18;/h6-7,11,14,16-17,20H,3-5,8-10H2,1-2H3;1H/t14-,16+,17?,18+;/m0./s1. The Morgan fingerprint density at radius 3 is 2.86 bits per heavy atom. The third-order valence-corrected chi connectivity index (χ3v) is 6.37. The maximum atomic E-state index is 11.0. The van der Waals surface area contributed by atoms with E-state index in [2.05, 4.69) is 24.1 Å². The second-order valence-electron chi connectivity index (χ2n) is 7.13. The number of fused-ring (bicyclic) bond motifs is 1. The Morgan fingerprint density at radius 1 is 1.27 bits per heavy atom. The summed E-state index contributed by atoms with van der Waals surface area (Å²) in [5.41, 5.74) is 2.80. The van der Waals surface area contributed by atoms with Gasteiger partial charge in [0.2, 0.25) is 0 Å². The van der Waals surface area contributed by atoms with Crippen LogP contribution in [0.4, 0.5) is 0 Å². The number of likely N-dealkylation sites (N-methyl/N-ethyl adjacent to an activating group) is 1. The third kappa shape index (κ3) is 2.02. The normalized spacial score (nSPS) is 36.8. The smallest absolute Gasteiger partial charge is 0.119 e. The number of aliphatic hydroxyl groups excluding tert-OH is 1. The zero-order valence-electron chi connectivity index (χ0n) is 13.4. The summed E-state index contributed by atoms with van der Waals surface area (Å²) in [6.45, 7) is 1.09. The number of benzene rings is 1. The molecule has 1 aromatic carbocycles. The predicted octanol–water partition coefficient (Wildman–Crippen LogP) is 3.30. The summed E-state index contributed by atoms with van der Waals surface area (Å²) >= 11 is 0. The van der Waals surface area contributed by atoms with Gasteiger partial charge in [0.15, 0.2) is 0 Å². The number of piperidine rings is 1. The summed E-state index contributed by atoms with van der Waals surface area (Å²) in [5, 5.41) is 11.0. The van der Waals surface area contributed by atoms with E-state index in [1.54, 1.807) is 7.11 Å². The number of hydrogen-bond acceptors (Lipinski definition) is 3. The summed E-state index contributed by atoms with van der Waals surface area (Å²) in [5.74, 6) is 1.52. The third-order valence-electron chi connectivity index (χ3n) is 6.37. The first kappa shape index (κ1) is 16.1. The quantitative estimate of drug-likeness (QED) is 0.860. The second-order valence-corrected chi connectivity index (χ2v) is 7.13. The molecule has 1 aromatic rings. The molecule has 3 nitrogen and oxygen atoms in total. The van der Waals surface area contributed by atoms with Crippen LogP contribution in [0.2, 0.25) is 0 Å². The van der Waals surface area contributed by atoms with E-state index in [4.69, 9.17) is 4.74 Å². The van der Waals surface area contributed by atoms with Crippen LogP contribution in [0.15, 0.2) is 18.2 Å². The van der Waals surface area contributed by atoms with Gasteiger partial charge < -0.3 is 14.7 Å². The van der Waals surface area contributed by atoms with Gasteiger partial charge in [0.05, 0.1) is 13.2 Å². The Bertz CT molecular complexity index is 564. The van der Waals surface area contributed by atoms with Crippen LogP contribution < -0.4 is 4.74 Å². The molecule has 2 aliphatic carbocycles. The predicted molar refractivity (Wildman–Crippen MR) is 89.9 cm³/mol. The first-order valence-electron chi connectivity index (χ1n) is 8.24. The molecular weight excluding hydrogens is 298 g/mol. The Kier molecular flexibility index (Phi) is 4.17. The van der Waals surface area contributed by atoms with E-state index in [1.165, 1.54) is 37.7 Å². The van der Waals surface area contributed by atoms with Crippen LogP contribution in [0, 0.1) is 5.92 Å². The number of halogens is 1. The van der Waals surface area contributed by atoms with Gasteiger partial charge in [0, 0.05) is 11.5 Å². The first-order valence-corrected chi connectivity index (χ1v) is 8.24. The maximum Gasteiger partial charge on any atom is 0.119 e. The highest BCUT2D eigenvalue weighted by atomic mass is 35.5. The van der Waals surface area contributed by atoms with E-state index in [-0.39, 0.29) is 23.9 Å². The van der Waals surface area contributed by atoms with E-state index in [0.29, 0.717) is 12.0 Å². The molecule has 1 heterocycles. The highest BCUT2D eigenvalue weighted by Gasteiger charge is 2.56. The van der Waals surface area contributed by atoms with Crippen LogP contribution in [-0.2, 0) is 5.41 Å². The summed E-state index contributed by atoms with van der Waals surface area (Å²) in [4.78, 5) is 2.39. The van der Waals surface area contributed by atoms with Crippen LogP contribution in [0.3, 0.4) is 0 Å². The zero-order chi connectivity index (χ0) is 14.6. The number of rotatable bonds is 1. The first-order chi connectivity index (χ1) is 10.2. The Morgan fingerprint density at radius 2 is 2.09 bits per heavy atom. The summed E-state index contributed by atoms with van der Waals surface area (Å²) in [7, 11) is 3.91. The van der Waals surface area contributed by atoms with E-state index < -0.39 is 0 Å². The largest absolute Gasteiger partial charge is 0.497 e. The van der Waals surface area contributed by atoms with Gasteiger partial charge in [-0.1, -0.05) is 18.9 Å². The van der Waals surface area contributed by atoms with Gasteiger partial charge in [0.25, 0.3) is 0 Å². The molecule has 2 fully saturated rings. The molecule has 0 amide bonds. The minimum absolute atomic E-state index is 0. The van der Waals surface area contributed by atoms with E-state index >= 15 is 0 Å². The number of likely N-dealkylation sites (tertiary alicyclic amines) is 1. The van der Waals surface area contributed by atoms with Gasteiger partial charge in [-0.05, 0) is 62.0 Å². The summed E-state index contributed by atoms with van der Waals surface area (Å²) in [6.07, 6.45) is 6.02. The van der Waals surface area contributed by atoms with Crippen molar-refractivity contribution in [3.63, 3.8) is 0 Å². The molecule has 1 unspecified atom stereocenters. The molecule has 1 N–H and O–H groups in total. The van der Waals surface area contributed by atoms with Crippen molar-refractivity contribution in [3.8, 4) is 5.75 Å². The highest BCUT2D eigenvalue weighted by molar-refractivity contribution is 5.85. The lowest BCUT2D eigenvalue weighted by atomic mass is 9.52. The minimum atomic E-state index is -0.354. The van der Waals surface area contributed by atoms with Crippen molar-refractivity contribution in [2.45, 2.75) is 49.7 Å². The molecule has 22 heavy (non-hydrogen) atoms. The average Bonchev–Trinajstić information content (AvgIpc) is 2.53. The van der Waals surface area contributed by atoms with Crippen molar-refractivity contribution in [2.24, 2.45) is 5.92 Å². The van der Waals surface area contributed by atoms with Crippen LogP contribution >= 0.6 is 12.4 Å². The summed E-state index contributed by atoms with van der Waals surface area (Å²) < 4.78 is 5.46. The fourth-order valence-electron chi connectivity index (χ4n) is 5.37. The average molecular weight is 324 g/mol. The fraction of sp³-hybridized carbons (Fsp3) is 0.667. The molecular formula is C18H26ClNO2. The van der Waals surface area contributed by atoms with Crippen molar-refractivity contribution in [2.75, 3.05) is 20.7 Å². The molecule has 0 radical (unpaired) electrons. The van der Waals surface area contributed by atoms with Crippen molar-refractivity contribution < 1.29 is 9.84 Å². The van der Waals surface area contributed by atoms with Crippen LogP contribution in [0.1, 0.15) is 49.3 Å². The Balaban J connectivity index is 0.00000144. The van der Waals surface area contributed by atoms with Crippen molar-refractivity contribution in [1.82, 2.24) is 4.90 Å². The summed E-state index contributed by atoms with van der Waals surface area (Å²) in [6, 6.07) is 6.59.